The summed E-state index contributed by atoms with van der Waals surface area (Å²) in [5.41, 5.74) is 1.02. The summed E-state index contributed by atoms with van der Waals surface area (Å²) in [6.45, 7) is 6.08. The predicted octanol–water partition coefficient (Wildman–Crippen LogP) is 2.50. The molecule has 1 aliphatic rings. The molecule has 0 fully saturated rings. The van der Waals surface area contributed by atoms with E-state index in [1.807, 2.05) is 35.9 Å². The Morgan fingerprint density at radius 3 is 3.07 bits per heavy atom. The number of rotatable bonds is 6. The topological polar surface area (TPSA) is 76.4 Å². The molecule has 0 radical (unpaired) electrons. The fourth-order valence-electron chi connectivity index (χ4n) is 3.26. The van der Waals surface area contributed by atoms with Crippen LogP contribution in [0.5, 0.6) is 0 Å². The number of nitrogens with zero attached hydrogens (tertiary/aromatic N) is 4. The van der Waals surface area contributed by atoms with Gasteiger partial charge in [-0.25, -0.2) is 9.67 Å². The lowest BCUT2D eigenvalue weighted by atomic mass is 10.1. The highest BCUT2D eigenvalue weighted by molar-refractivity contribution is 6.30. The van der Waals surface area contributed by atoms with Gasteiger partial charge in [-0.1, -0.05) is 23.7 Å². The summed E-state index contributed by atoms with van der Waals surface area (Å²) in [5.74, 6) is 2.68. The standard InChI is InChI=1S/C19H27ClN6O/c1-4-21-19(22-11-17(27-3)14-6-5-7-15(20)10-14)24-16-8-9-18-23-13(2)25-26(18)12-16/h5-7,10,16-17H,4,8-9,11-12H2,1-3H3,(H2,21,22,24). The maximum Gasteiger partial charge on any atom is 0.191 e. The van der Waals surface area contributed by atoms with Gasteiger partial charge in [0.05, 0.1) is 13.1 Å². The van der Waals surface area contributed by atoms with E-state index >= 15 is 0 Å². The van der Waals surface area contributed by atoms with Crippen LogP contribution in [-0.4, -0.2) is 47.0 Å². The number of aliphatic imine (C=N–C) groups is 1. The van der Waals surface area contributed by atoms with Crippen LogP contribution in [0.15, 0.2) is 29.3 Å². The molecule has 2 heterocycles. The number of ether oxygens (including phenoxy) is 1. The zero-order valence-electron chi connectivity index (χ0n) is 16.1. The van der Waals surface area contributed by atoms with Gasteiger partial charge in [-0.2, -0.15) is 5.10 Å². The van der Waals surface area contributed by atoms with E-state index in [1.54, 1.807) is 7.11 Å². The summed E-state index contributed by atoms with van der Waals surface area (Å²) in [4.78, 5) is 9.19. The second kappa shape index (κ2) is 9.19. The smallest absolute Gasteiger partial charge is 0.191 e. The molecule has 7 nitrogen and oxygen atoms in total. The number of nitrogens with one attached hydrogen (secondary N) is 2. The van der Waals surface area contributed by atoms with Gasteiger partial charge in [0, 0.05) is 31.1 Å². The molecule has 0 bridgehead atoms. The Balaban J connectivity index is 1.65. The Labute approximate surface area is 165 Å². The Morgan fingerprint density at radius 2 is 2.33 bits per heavy atom. The molecule has 0 aliphatic carbocycles. The molecule has 1 aromatic carbocycles. The van der Waals surface area contributed by atoms with Crippen molar-refractivity contribution in [2.75, 3.05) is 20.2 Å². The molecule has 27 heavy (non-hydrogen) atoms. The lowest BCUT2D eigenvalue weighted by Crippen LogP contribution is -2.47. The number of guanidine groups is 1. The summed E-state index contributed by atoms with van der Waals surface area (Å²) in [6.07, 6.45) is 1.78. The number of aryl methyl sites for hydroxylation is 2. The zero-order chi connectivity index (χ0) is 19.2. The van der Waals surface area contributed by atoms with Crippen LogP contribution in [0, 0.1) is 6.92 Å². The normalized spacial score (nSPS) is 18.1. The van der Waals surface area contributed by atoms with E-state index in [9.17, 15) is 0 Å². The van der Waals surface area contributed by atoms with Crippen LogP contribution >= 0.6 is 11.6 Å². The molecule has 2 aromatic rings. The zero-order valence-corrected chi connectivity index (χ0v) is 16.8. The van der Waals surface area contributed by atoms with Crippen molar-refractivity contribution in [1.82, 2.24) is 25.4 Å². The minimum absolute atomic E-state index is 0.143. The molecule has 0 saturated heterocycles. The van der Waals surface area contributed by atoms with Gasteiger partial charge in [-0.3, -0.25) is 4.99 Å². The minimum Gasteiger partial charge on any atom is -0.375 e. The van der Waals surface area contributed by atoms with Gasteiger partial charge >= 0.3 is 0 Å². The van der Waals surface area contributed by atoms with Crippen molar-refractivity contribution in [3.63, 3.8) is 0 Å². The van der Waals surface area contributed by atoms with Crippen LogP contribution in [0.3, 0.4) is 0 Å². The van der Waals surface area contributed by atoms with E-state index in [1.165, 1.54) is 0 Å². The fraction of sp³-hybridized carbons (Fsp3) is 0.526. The molecule has 0 amide bonds. The highest BCUT2D eigenvalue weighted by Crippen LogP contribution is 2.20. The Bertz CT molecular complexity index is 790. The monoisotopic (exact) mass is 390 g/mol. The first-order valence-electron chi connectivity index (χ1n) is 9.32. The first-order chi connectivity index (χ1) is 13.1. The second-order valence-electron chi connectivity index (χ2n) is 6.64. The molecule has 3 rings (SSSR count). The van der Waals surface area contributed by atoms with Gasteiger partial charge in [0.15, 0.2) is 5.96 Å². The SMILES string of the molecule is CCNC(=NCC(OC)c1cccc(Cl)c1)NC1CCc2nc(C)nn2C1. The van der Waals surface area contributed by atoms with Crippen molar-refractivity contribution >= 4 is 17.6 Å². The first kappa shape index (κ1) is 19.6. The molecule has 1 aliphatic heterocycles. The van der Waals surface area contributed by atoms with Crippen molar-refractivity contribution in [2.45, 2.75) is 45.4 Å². The van der Waals surface area contributed by atoms with Gasteiger partial charge in [0.1, 0.15) is 17.8 Å². The van der Waals surface area contributed by atoms with Gasteiger partial charge < -0.3 is 15.4 Å². The van der Waals surface area contributed by atoms with E-state index in [0.717, 1.165) is 49.1 Å². The molecule has 0 spiro atoms. The van der Waals surface area contributed by atoms with Crippen LogP contribution in [-0.2, 0) is 17.7 Å². The van der Waals surface area contributed by atoms with E-state index in [0.29, 0.717) is 11.6 Å². The number of methoxy groups -OCH3 is 1. The molecule has 2 atom stereocenters. The van der Waals surface area contributed by atoms with Crippen molar-refractivity contribution in [2.24, 2.45) is 4.99 Å². The third-order valence-electron chi connectivity index (χ3n) is 4.57. The first-order valence-corrected chi connectivity index (χ1v) is 9.70. The van der Waals surface area contributed by atoms with E-state index < -0.39 is 0 Å². The maximum absolute atomic E-state index is 6.10. The molecular formula is C19H27ClN6O. The van der Waals surface area contributed by atoms with Gasteiger partial charge in [-0.05, 0) is 38.0 Å². The molecule has 146 valence electrons. The maximum atomic E-state index is 6.10. The average Bonchev–Trinajstić information content (AvgIpc) is 3.01. The average molecular weight is 391 g/mol. The summed E-state index contributed by atoms with van der Waals surface area (Å²) >= 11 is 6.10. The summed E-state index contributed by atoms with van der Waals surface area (Å²) in [6, 6.07) is 7.97. The second-order valence-corrected chi connectivity index (χ2v) is 7.07. The number of hydrogen-bond donors (Lipinski definition) is 2. The largest absolute Gasteiger partial charge is 0.375 e. The Hall–Kier alpha value is -2.12. The lowest BCUT2D eigenvalue weighted by molar-refractivity contribution is 0.111. The molecule has 0 saturated carbocycles. The van der Waals surface area contributed by atoms with E-state index in [-0.39, 0.29) is 12.1 Å². The number of fused-ring (bicyclic) bond motifs is 1. The van der Waals surface area contributed by atoms with E-state index in [2.05, 4.69) is 27.6 Å². The third kappa shape index (κ3) is 5.20. The third-order valence-corrected chi connectivity index (χ3v) is 4.80. The predicted molar refractivity (Wildman–Crippen MR) is 107 cm³/mol. The lowest BCUT2D eigenvalue weighted by Gasteiger charge is -2.25. The number of halogens is 1. The van der Waals surface area contributed by atoms with Crippen LogP contribution in [0.25, 0.3) is 0 Å². The van der Waals surface area contributed by atoms with Gasteiger partial charge in [0.25, 0.3) is 0 Å². The quantitative estimate of drug-likeness (QED) is 0.585. The summed E-state index contributed by atoms with van der Waals surface area (Å²) < 4.78 is 7.61. The molecule has 1 aromatic heterocycles. The molecule has 2 unspecified atom stereocenters. The van der Waals surface area contributed by atoms with Gasteiger partial charge in [-0.15, -0.1) is 0 Å². The van der Waals surface area contributed by atoms with Gasteiger partial charge in [0.2, 0.25) is 0 Å². The Kier molecular flexibility index (Phi) is 6.68. The molecular weight excluding hydrogens is 364 g/mol. The van der Waals surface area contributed by atoms with Crippen LogP contribution in [0.1, 0.15) is 36.7 Å². The summed E-state index contributed by atoms with van der Waals surface area (Å²) in [5, 5.41) is 12.0. The minimum atomic E-state index is -0.143. The van der Waals surface area contributed by atoms with Crippen LogP contribution in [0.4, 0.5) is 0 Å². The van der Waals surface area contributed by atoms with Crippen LogP contribution < -0.4 is 10.6 Å². The highest BCUT2D eigenvalue weighted by atomic mass is 35.5. The number of hydrogen-bond acceptors (Lipinski definition) is 4. The summed E-state index contributed by atoms with van der Waals surface area (Å²) in [7, 11) is 1.69. The van der Waals surface area contributed by atoms with E-state index in [4.69, 9.17) is 21.3 Å². The Morgan fingerprint density at radius 1 is 1.48 bits per heavy atom. The van der Waals surface area contributed by atoms with Crippen LogP contribution in [0.2, 0.25) is 5.02 Å². The fourth-order valence-corrected chi connectivity index (χ4v) is 3.46. The number of benzene rings is 1. The molecule has 8 heteroatoms. The number of aromatic nitrogens is 3. The van der Waals surface area contributed by atoms with Crippen molar-refractivity contribution in [3.05, 3.63) is 46.5 Å². The highest BCUT2D eigenvalue weighted by Gasteiger charge is 2.21. The van der Waals surface area contributed by atoms with Crippen molar-refractivity contribution in [1.29, 1.82) is 0 Å². The van der Waals surface area contributed by atoms with Crippen molar-refractivity contribution < 1.29 is 4.74 Å². The molecule has 2 N–H and O–H groups in total. The van der Waals surface area contributed by atoms with Crippen molar-refractivity contribution in [3.8, 4) is 0 Å².